The topological polar surface area (TPSA) is 119 Å². The molecule has 36 heavy (non-hydrogen) atoms. The van der Waals surface area contributed by atoms with E-state index in [1.54, 1.807) is 24.3 Å². The van der Waals surface area contributed by atoms with Gasteiger partial charge in [0.1, 0.15) is 11.9 Å². The van der Waals surface area contributed by atoms with Gasteiger partial charge < -0.3 is 19.5 Å². The summed E-state index contributed by atoms with van der Waals surface area (Å²) >= 11 is 0. The maximum absolute atomic E-state index is 12.5. The van der Waals surface area contributed by atoms with Crippen LogP contribution in [0.3, 0.4) is 0 Å². The van der Waals surface area contributed by atoms with E-state index in [4.69, 9.17) is 14.2 Å². The number of hydrogen-bond donors (Lipinski definition) is 1. The molecule has 11 heteroatoms. The van der Waals surface area contributed by atoms with Gasteiger partial charge in [-0.1, -0.05) is 6.07 Å². The van der Waals surface area contributed by atoms with Gasteiger partial charge in [-0.25, -0.2) is 4.98 Å². The molecule has 1 saturated heterocycles. The summed E-state index contributed by atoms with van der Waals surface area (Å²) in [7, 11) is 0. The van der Waals surface area contributed by atoms with E-state index in [1.165, 1.54) is 17.7 Å². The fourth-order valence-electron chi connectivity index (χ4n) is 4.07. The Hall–Kier alpha value is -4.22. The zero-order valence-corrected chi connectivity index (χ0v) is 19.5. The van der Waals surface area contributed by atoms with Crippen molar-refractivity contribution >= 4 is 17.3 Å². The summed E-state index contributed by atoms with van der Waals surface area (Å²) < 4.78 is 16.4. The van der Waals surface area contributed by atoms with Crippen LogP contribution in [0.5, 0.6) is 23.1 Å². The minimum Gasteiger partial charge on any atom is -0.454 e. The highest BCUT2D eigenvalue weighted by Gasteiger charge is 2.20. The number of nitro groups is 1. The number of fused-ring (bicyclic) bond motifs is 1. The van der Waals surface area contributed by atoms with Crippen molar-refractivity contribution in [1.82, 2.24) is 14.8 Å². The standard InChI is InChI=1S/C25H25N5O6/c31-24(27-19-2-5-21(6-3-19)36-25-8-4-20(14-26-25)30(32)33)16-29-11-9-28(10-12-29)15-18-1-7-22-23(13-18)35-17-34-22/h1-8,13-14H,9-12,15-17H2,(H,27,31). The van der Waals surface area contributed by atoms with E-state index in [2.05, 4.69) is 26.2 Å². The Labute approximate surface area is 207 Å². The third-order valence-electron chi connectivity index (χ3n) is 5.97. The number of hydrogen-bond acceptors (Lipinski definition) is 9. The average molecular weight is 492 g/mol. The second-order valence-electron chi connectivity index (χ2n) is 8.53. The molecule has 0 atom stereocenters. The molecule has 0 spiro atoms. The Bertz CT molecular complexity index is 1230. The van der Waals surface area contributed by atoms with Gasteiger partial charge in [0.15, 0.2) is 11.5 Å². The lowest BCUT2D eigenvalue weighted by atomic mass is 10.1. The van der Waals surface area contributed by atoms with Crippen molar-refractivity contribution in [2.24, 2.45) is 0 Å². The maximum atomic E-state index is 12.5. The van der Waals surface area contributed by atoms with E-state index in [0.717, 1.165) is 50.4 Å². The molecule has 0 radical (unpaired) electrons. The van der Waals surface area contributed by atoms with Gasteiger partial charge in [0.2, 0.25) is 18.6 Å². The van der Waals surface area contributed by atoms with Gasteiger partial charge in [0, 0.05) is 50.5 Å². The van der Waals surface area contributed by atoms with Crippen LogP contribution in [-0.4, -0.2) is 65.1 Å². The first kappa shape index (κ1) is 23.5. The number of rotatable bonds is 8. The molecule has 0 aliphatic carbocycles. The van der Waals surface area contributed by atoms with Gasteiger partial charge in [0.25, 0.3) is 5.69 Å². The van der Waals surface area contributed by atoms with Crippen molar-refractivity contribution in [3.8, 4) is 23.1 Å². The predicted octanol–water partition coefficient (Wildman–Crippen LogP) is 3.27. The number of nitrogens with zero attached hydrogens (tertiary/aromatic N) is 4. The first-order valence-electron chi connectivity index (χ1n) is 11.5. The summed E-state index contributed by atoms with van der Waals surface area (Å²) in [4.78, 5) is 31.2. The lowest BCUT2D eigenvalue weighted by molar-refractivity contribution is -0.385. The molecule has 0 bridgehead atoms. The molecule has 3 aromatic rings. The molecule has 0 saturated carbocycles. The molecular weight excluding hydrogens is 466 g/mol. The molecule has 0 unspecified atom stereocenters. The minimum absolute atomic E-state index is 0.0788. The number of nitrogens with one attached hydrogen (secondary N) is 1. The predicted molar refractivity (Wildman–Crippen MR) is 130 cm³/mol. The zero-order valence-electron chi connectivity index (χ0n) is 19.5. The Morgan fingerprint density at radius 3 is 2.47 bits per heavy atom. The summed E-state index contributed by atoms with van der Waals surface area (Å²) in [5.41, 5.74) is 1.74. The molecule has 2 aromatic carbocycles. The summed E-state index contributed by atoms with van der Waals surface area (Å²) in [6.07, 6.45) is 1.14. The number of pyridine rings is 1. The van der Waals surface area contributed by atoms with Crippen LogP contribution in [-0.2, 0) is 11.3 Å². The summed E-state index contributed by atoms with van der Waals surface area (Å²) in [5.74, 6) is 2.26. The van der Waals surface area contributed by atoms with Crippen LogP contribution in [0.2, 0.25) is 0 Å². The molecule has 5 rings (SSSR count). The van der Waals surface area contributed by atoms with E-state index < -0.39 is 4.92 Å². The largest absolute Gasteiger partial charge is 0.454 e. The first-order valence-corrected chi connectivity index (χ1v) is 11.5. The number of benzene rings is 2. The second kappa shape index (κ2) is 10.6. The maximum Gasteiger partial charge on any atom is 0.287 e. The molecule has 1 amide bonds. The van der Waals surface area contributed by atoms with Gasteiger partial charge in [-0.15, -0.1) is 0 Å². The highest BCUT2D eigenvalue weighted by atomic mass is 16.7. The molecule has 11 nitrogen and oxygen atoms in total. The molecule has 186 valence electrons. The Morgan fingerprint density at radius 1 is 1.00 bits per heavy atom. The van der Waals surface area contributed by atoms with E-state index in [1.807, 2.05) is 12.1 Å². The number of carbonyl (C=O) groups is 1. The fourth-order valence-corrected chi connectivity index (χ4v) is 4.07. The van der Waals surface area contributed by atoms with Crippen molar-refractivity contribution in [3.05, 3.63) is 76.5 Å². The van der Waals surface area contributed by atoms with Crippen molar-refractivity contribution in [2.45, 2.75) is 6.54 Å². The van der Waals surface area contributed by atoms with Crippen molar-refractivity contribution < 1.29 is 23.9 Å². The van der Waals surface area contributed by atoms with E-state index in [9.17, 15) is 14.9 Å². The SMILES string of the molecule is O=C(CN1CCN(Cc2ccc3c(c2)OCO3)CC1)Nc1ccc(Oc2ccc([N+](=O)[O-])cn2)cc1. The normalized spacial score (nSPS) is 15.4. The quantitative estimate of drug-likeness (QED) is 0.374. The number of carbonyl (C=O) groups excluding carboxylic acids is 1. The van der Waals surface area contributed by atoms with E-state index >= 15 is 0 Å². The zero-order chi connectivity index (χ0) is 24.9. The lowest BCUT2D eigenvalue weighted by Gasteiger charge is -2.34. The molecule has 1 fully saturated rings. The fraction of sp³-hybridized carbons (Fsp3) is 0.280. The molecular formula is C25H25N5O6. The summed E-state index contributed by atoms with van der Waals surface area (Å²) in [5, 5.41) is 13.6. The summed E-state index contributed by atoms with van der Waals surface area (Å²) in [6.45, 7) is 4.81. The number of anilines is 1. The number of amides is 1. The molecule has 1 N–H and O–H groups in total. The van der Waals surface area contributed by atoms with Crippen molar-refractivity contribution in [1.29, 1.82) is 0 Å². The van der Waals surface area contributed by atoms with Crippen LogP contribution in [0, 0.1) is 10.1 Å². The third-order valence-corrected chi connectivity index (χ3v) is 5.97. The van der Waals surface area contributed by atoms with Crippen LogP contribution in [0.25, 0.3) is 0 Å². The van der Waals surface area contributed by atoms with Crippen LogP contribution >= 0.6 is 0 Å². The van der Waals surface area contributed by atoms with Gasteiger partial charge in [-0.05, 0) is 42.0 Å². The molecule has 1 aromatic heterocycles. The van der Waals surface area contributed by atoms with Gasteiger partial charge in [-0.3, -0.25) is 24.7 Å². The number of piperazine rings is 1. The second-order valence-corrected chi connectivity index (χ2v) is 8.53. The van der Waals surface area contributed by atoms with E-state index in [-0.39, 0.29) is 24.3 Å². The van der Waals surface area contributed by atoms with Crippen LogP contribution in [0.15, 0.2) is 60.8 Å². The summed E-state index contributed by atoms with van der Waals surface area (Å²) in [6, 6.07) is 15.7. The van der Waals surface area contributed by atoms with Crippen molar-refractivity contribution in [2.75, 3.05) is 44.8 Å². The van der Waals surface area contributed by atoms with Gasteiger partial charge in [0.05, 0.1) is 11.5 Å². The molecule has 3 heterocycles. The smallest absolute Gasteiger partial charge is 0.287 e. The van der Waals surface area contributed by atoms with Crippen molar-refractivity contribution in [3.63, 3.8) is 0 Å². The third kappa shape index (κ3) is 5.88. The Morgan fingerprint density at radius 2 is 1.75 bits per heavy atom. The monoisotopic (exact) mass is 491 g/mol. The van der Waals surface area contributed by atoms with Crippen LogP contribution in [0.1, 0.15) is 5.56 Å². The average Bonchev–Trinajstić information content (AvgIpc) is 3.35. The first-order chi connectivity index (χ1) is 17.5. The lowest BCUT2D eigenvalue weighted by Crippen LogP contribution is -2.48. The minimum atomic E-state index is -0.519. The molecule has 2 aliphatic heterocycles. The van der Waals surface area contributed by atoms with Crippen LogP contribution < -0.4 is 19.5 Å². The molecule has 2 aliphatic rings. The van der Waals surface area contributed by atoms with Gasteiger partial charge >= 0.3 is 0 Å². The van der Waals surface area contributed by atoms with E-state index in [0.29, 0.717) is 18.0 Å². The van der Waals surface area contributed by atoms with Gasteiger partial charge in [-0.2, -0.15) is 0 Å². The number of ether oxygens (including phenoxy) is 3. The van der Waals surface area contributed by atoms with Crippen LogP contribution in [0.4, 0.5) is 11.4 Å². The Balaban J connectivity index is 1.05. The number of aromatic nitrogens is 1. The highest BCUT2D eigenvalue weighted by molar-refractivity contribution is 5.92. The highest BCUT2D eigenvalue weighted by Crippen LogP contribution is 2.33. The Kier molecular flexibility index (Phi) is 6.92.